The Morgan fingerprint density at radius 1 is 1.25 bits per heavy atom. The third kappa shape index (κ3) is 3.99. The molecular formula is C19H20N2O2S. The molecule has 0 unspecified atom stereocenters. The van der Waals surface area contributed by atoms with Crippen molar-refractivity contribution in [2.75, 3.05) is 5.32 Å². The molecule has 2 aromatic carbocycles. The first kappa shape index (κ1) is 16.6. The standard InChI is InChI=1S/C19H20N2O2S/c1-13-9-10-14(12-22)11-16(13)20-18(23)7-4-8-19-21-15-5-2-3-6-17(15)24-19/h2-3,5-6,9-11,22H,4,7-8,12H2,1H3,(H,20,23). The van der Waals surface area contributed by atoms with Gasteiger partial charge in [-0.2, -0.15) is 0 Å². The van der Waals surface area contributed by atoms with E-state index in [1.165, 1.54) is 4.70 Å². The average molecular weight is 340 g/mol. The summed E-state index contributed by atoms with van der Waals surface area (Å²) in [5, 5.41) is 13.2. The highest BCUT2D eigenvalue weighted by Gasteiger charge is 2.08. The summed E-state index contributed by atoms with van der Waals surface area (Å²) in [6.45, 7) is 1.92. The van der Waals surface area contributed by atoms with Gasteiger partial charge in [0.25, 0.3) is 0 Å². The molecule has 3 rings (SSSR count). The van der Waals surface area contributed by atoms with Crippen molar-refractivity contribution < 1.29 is 9.90 Å². The fourth-order valence-corrected chi connectivity index (χ4v) is 3.55. The zero-order chi connectivity index (χ0) is 16.9. The van der Waals surface area contributed by atoms with E-state index in [9.17, 15) is 9.90 Å². The Hall–Kier alpha value is -2.24. The zero-order valence-electron chi connectivity index (χ0n) is 13.6. The van der Waals surface area contributed by atoms with Crippen molar-refractivity contribution in [3.05, 3.63) is 58.6 Å². The van der Waals surface area contributed by atoms with E-state index in [2.05, 4.69) is 16.4 Å². The summed E-state index contributed by atoms with van der Waals surface area (Å²) in [6, 6.07) is 13.7. The maximum absolute atomic E-state index is 12.1. The molecule has 1 aromatic heterocycles. The Morgan fingerprint density at radius 3 is 2.88 bits per heavy atom. The lowest BCUT2D eigenvalue weighted by Crippen LogP contribution is -2.12. The molecular weight excluding hydrogens is 320 g/mol. The topological polar surface area (TPSA) is 62.2 Å². The molecule has 0 saturated heterocycles. The molecule has 0 bridgehead atoms. The molecule has 124 valence electrons. The molecule has 0 atom stereocenters. The molecule has 0 aliphatic rings. The summed E-state index contributed by atoms with van der Waals surface area (Å²) in [4.78, 5) is 16.7. The number of rotatable bonds is 6. The molecule has 1 heterocycles. The van der Waals surface area contributed by atoms with Gasteiger partial charge in [-0.25, -0.2) is 4.98 Å². The van der Waals surface area contributed by atoms with Crippen molar-refractivity contribution in [1.29, 1.82) is 0 Å². The molecule has 0 saturated carbocycles. The second kappa shape index (κ2) is 7.55. The lowest BCUT2D eigenvalue weighted by Gasteiger charge is -2.09. The number of aromatic nitrogens is 1. The number of benzene rings is 2. The lowest BCUT2D eigenvalue weighted by atomic mass is 10.1. The fourth-order valence-electron chi connectivity index (χ4n) is 2.54. The lowest BCUT2D eigenvalue weighted by molar-refractivity contribution is -0.116. The third-order valence-corrected chi connectivity index (χ3v) is 4.99. The van der Waals surface area contributed by atoms with Crippen LogP contribution >= 0.6 is 11.3 Å². The highest BCUT2D eigenvalue weighted by molar-refractivity contribution is 7.18. The summed E-state index contributed by atoms with van der Waals surface area (Å²) < 4.78 is 1.19. The summed E-state index contributed by atoms with van der Waals surface area (Å²) in [5.74, 6) is -0.00528. The van der Waals surface area contributed by atoms with Gasteiger partial charge in [0.1, 0.15) is 0 Å². The van der Waals surface area contributed by atoms with E-state index in [4.69, 9.17) is 0 Å². The number of para-hydroxylation sites is 1. The van der Waals surface area contributed by atoms with Crippen molar-refractivity contribution in [1.82, 2.24) is 4.98 Å². The minimum Gasteiger partial charge on any atom is -0.392 e. The summed E-state index contributed by atoms with van der Waals surface area (Å²) in [7, 11) is 0. The van der Waals surface area contributed by atoms with Gasteiger partial charge < -0.3 is 10.4 Å². The van der Waals surface area contributed by atoms with Crippen LogP contribution in [0.15, 0.2) is 42.5 Å². The first-order valence-electron chi connectivity index (χ1n) is 8.00. The van der Waals surface area contributed by atoms with Gasteiger partial charge in [-0.15, -0.1) is 11.3 Å². The van der Waals surface area contributed by atoms with Gasteiger partial charge >= 0.3 is 0 Å². The van der Waals surface area contributed by atoms with E-state index in [0.29, 0.717) is 6.42 Å². The summed E-state index contributed by atoms with van der Waals surface area (Å²) in [6.07, 6.45) is 2.03. The highest BCUT2D eigenvalue weighted by Crippen LogP contribution is 2.23. The van der Waals surface area contributed by atoms with Gasteiger partial charge in [0.15, 0.2) is 0 Å². The van der Waals surface area contributed by atoms with Crippen LogP contribution in [0.1, 0.15) is 29.0 Å². The van der Waals surface area contributed by atoms with Crippen molar-refractivity contribution in [2.24, 2.45) is 0 Å². The van der Waals surface area contributed by atoms with E-state index < -0.39 is 0 Å². The number of hydrogen-bond acceptors (Lipinski definition) is 4. The fraction of sp³-hybridized carbons (Fsp3) is 0.263. The number of hydrogen-bond donors (Lipinski definition) is 2. The number of thiazole rings is 1. The first-order chi connectivity index (χ1) is 11.7. The summed E-state index contributed by atoms with van der Waals surface area (Å²) >= 11 is 1.69. The van der Waals surface area contributed by atoms with Gasteiger partial charge in [0.2, 0.25) is 5.91 Å². The van der Waals surface area contributed by atoms with Crippen LogP contribution in [0.2, 0.25) is 0 Å². The van der Waals surface area contributed by atoms with Crippen molar-refractivity contribution in [3.63, 3.8) is 0 Å². The Morgan fingerprint density at radius 2 is 2.08 bits per heavy atom. The van der Waals surface area contributed by atoms with Crippen LogP contribution in [0, 0.1) is 6.92 Å². The zero-order valence-corrected chi connectivity index (χ0v) is 14.4. The van der Waals surface area contributed by atoms with Crippen molar-refractivity contribution in [2.45, 2.75) is 32.8 Å². The third-order valence-electron chi connectivity index (χ3n) is 3.89. The molecule has 0 aliphatic carbocycles. The number of aliphatic hydroxyl groups is 1. The molecule has 24 heavy (non-hydrogen) atoms. The molecule has 0 fully saturated rings. The summed E-state index contributed by atoms with van der Waals surface area (Å²) in [5.41, 5.74) is 3.59. The molecule has 0 radical (unpaired) electrons. The molecule has 4 nitrogen and oxygen atoms in total. The molecule has 5 heteroatoms. The normalized spacial score (nSPS) is 10.9. The SMILES string of the molecule is Cc1ccc(CO)cc1NC(=O)CCCc1nc2ccccc2s1. The maximum atomic E-state index is 12.1. The quantitative estimate of drug-likeness (QED) is 0.711. The predicted octanol–water partition coefficient (Wildman–Crippen LogP) is 4.06. The van der Waals surface area contributed by atoms with E-state index in [1.807, 2.05) is 43.3 Å². The minimum absolute atomic E-state index is 0.00528. The van der Waals surface area contributed by atoms with Crippen LogP contribution in [0.25, 0.3) is 10.2 Å². The van der Waals surface area contributed by atoms with Gasteiger partial charge in [-0.05, 0) is 49.1 Å². The Bertz CT molecular complexity index is 824. The Balaban J connectivity index is 1.54. The molecule has 2 N–H and O–H groups in total. The second-order valence-electron chi connectivity index (χ2n) is 5.78. The van der Waals surface area contributed by atoms with E-state index in [0.717, 1.165) is 40.2 Å². The molecule has 0 aliphatic heterocycles. The number of carbonyl (C=O) groups excluding carboxylic acids is 1. The minimum atomic E-state index is -0.0270. The monoisotopic (exact) mass is 340 g/mol. The van der Waals surface area contributed by atoms with Crippen LogP contribution in [0.4, 0.5) is 5.69 Å². The van der Waals surface area contributed by atoms with Crippen molar-refractivity contribution in [3.8, 4) is 0 Å². The van der Waals surface area contributed by atoms with E-state index >= 15 is 0 Å². The van der Waals surface area contributed by atoms with Crippen LogP contribution in [0.3, 0.4) is 0 Å². The van der Waals surface area contributed by atoms with Crippen LogP contribution in [-0.4, -0.2) is 16.0 Å². The number of carbonyl (C=O) groups is 1. The number of amides is 1. The Kier molecular flexibility index (Phi) is 5.23. The molecule has 0 spiro atoms. The number of fused-ring (bicyclic) bond motifs is 1. The number of nitrogens with zero attached hydrogens (tertiary/aromatic N) is 1. The Labute approximate surface area is 145 Å². The van der Waals surface area contributed by atoms with Crippen LogP contribution < -0.4 is 5.32 Å². The molecule has 3 aromatic rings. The van der Waals surface area contributed by atoms with Gasteiger partial charge in [-0.3, -0.25) is 4.79 Å². The number of anilines is 1. The van der Waals surface area contributed by atoms with Gasteiger partial charge in [0.05, 0.1) is 21.8 Å². The van der Waals surface area contributed by atoms with Gasteiger partial charge in [-0.1, -0.05) is 24.3 Å². The van der Waals surface area contributed by atoms with E-state index in [-0.39, 0.29) is 12.5 Å². The predicted molar refractivity (Wildman–Crippen MR) is 98.3 cm³/mol. The van der Waals surface area contributed by atoms with Crippen LogP contribution in [-0.2, 0) is 17.8 Å². The smallest absolute Gasteiger partial charge is 0.224 e. The average Bonchev–Trinajstić information content (AvgIpc) is 2.99. The largest absolute Gasteiger partial charge is 0.392 e. The first-order valence-corrected chi connectivity index (χ1v) is 8.82. The van der Waals surface area contributed by atoms with Gasteiger partial charge in [0, 0.05) is 12.1 Å². The highest BCUT2D eigenvalue weighted by atomic mass is 32.1. The van der Waals surface area contributed by atoms with Crippen molar-refractivity contribution >= 4 is 33.1 Å². The number of aryl methyl sites for hydroxylation is 2. The number of aliphatic hydroxyl groups excluding tert-OH is 1. The maximum Gasteiger partial charge on any atom is 0.224 e. The van der Waals surface area contributed by atoms with Crippen LogP contribution in [0.5, 0.6) is 0 Å². The number of nitrogens with one attached hydrogen (secondary N) is 1. The van der Waals surface area contributed by atoms with E-state index in [1.54, 1.807) is 11.3 Å². The molecule has 1 amide bonds. The second-order valence-corrected chi connectivity index (χ2v) is 6.90.